The fourth-order valence-electron chi connectivity index (χ4n) is 1.90. The summed E-state index contributed by atoms with van der Waals surface area (Å²) in [5.74, 6) is 2.39. The highest BCUT2D eigenvalue weighted by Gasteiger charge is 2.14. The van der Waals surface area contributed by atoms with E-state index >= 15 is 0 Å². The maximum atomic E-state index is 9.29. The lowest BCUT2D eigenvalue weighted by molar-refractivity contribution is 0.297. The van der Waals surface area contributed by atoms with Crippen LogP contribution in [0.1, 0.15) is 30.7 Å². The van der Waals surface area contributed by atoms with Gasteiger partial charge < -0.3 is 10.5 Å². The molecule has 0 bridgehead atoms. The number of nitriles is 1. The van der Waals surface area contributed by atoms with Crippen molar-refractivity contribution in [2.24, 2.45) is 5.92 Å². The third kappa shape index (κ3) is 4.60. The Balaban J connectivity index is 2.22. The standard InChI is InChI=1S/C17H20N4OS/c1-11(2)10-23-17-20-14(13(8-18)16(19)21-17)9-22-15-7-5-4-6-12(15)3/h4-7,11H,9-10H2,1-3H3,(H2,19,20,21). The van der Waals surface area contributed by atoms with Crippen molar-refractivity contribution in [2.75, 3.05) is 11.5 Å². The zero-order chi connectivity index (χ0) is 16.8. The summed E-state index contributed by atoms with van der Waals surface area (Å²) in [5.41, 5.74) is 7.73. The van der Waals surface area contributed by atoms with Crippen molar-refractivity contribution in [1.82, 2.24) is 9.97 Å². The molecule has 0 atom stereocenters. The number of hydrogen-bond donors (Lipinski definition) is 1. The van der Waals surface area contributed by atoms with Gasteiger partial charge in [-0.05, 0) is 24.5 Å². The van der Waals surface area contributed by atoms with Gasteiger partial charge in [-0.25, -0.2) is 9.97 Å². The van der Waals surface area contributed by atoms with Crippen LogP contribution in [0.3, 0.4) is 0 Å². The number of nitrogens with zero attached hydrogens (tertiary/aromatic N) is 3. The second-order valence-electron chi connectivity index (χ2n) is 5.58. The highest BCUT2D eigenvalue weighted by Crippen LogP contribution is 2.23. The van der Waals surface area contributed by atoms with Crippen molar-refractivity contribution in [3.8, 4) is 11.8 Å². The third-order valence-corrected chi connectivity index (χ3v) is 4.38. The maximum Gasteiger partial charge on any atom is 0.189 e. The van der Waals surface area contributed by atoms with Gasteiger partial charge in [0.05, 0.1) is 0 Å². The van der Waals surface area contributed by atoms with E-state index in [-0.39, 0.29) is 18.0 Å². The van der Waals surface area contributed by atoms with E-state index in [1.54, 1.807) is 0 Å². The Kier molecular flexibility index (Phi) is 5.83. The van der Waals surface area contributed by atoms with Gasteiger partial charge in [-0.2, -0.15) is 5.26 Å². The van der Waals surface area contributed by atoms with Crippen LogP contribution in [0.25, 0.3) is 0 Å². The fraction of sp³-hybridized carbons (Fsp3) is 0.353. The summed E-state index contributed by atoms with van der Waals surface area (Å²) in [5, 5.41) is 9.87. The molecule has 2 rings (SSSR count). The van der Waals surface area contributed by atoms with Gasteiger partial charge in [0.15, 0.2) is 5.16 Å². The number of nitrogens with two attached hydrogens (primary N) is 1. The van der Waals surface area contributed by atoms with Crippen molar-refractivity contribution in [1.29, 1.82) is 5.26 Å². The number of hydrogen-bond acceptors (Lipinski definition) is 6. The van der Waals surface area contributed by atoms with Crippen molar-refractivity contribution in [3.63, 3.8) is 0 Å². The molecule has 5 nitrogen and oxygen atoms in total. The Hall–Kier alpha value is -2.26. The van der Waals surface area contributed by atoms with Gasteiger partial charge in [-0.15, -0.1) is 0 Å². The molecule has 0 amide bonds. The van der Waals surface area contributed by atoms with Crippen LogP contribution < -0.4 is 10.5 Å². The molecule has 2 aromatic rings. The Bertz CT molecular complexity index is 725. The number of benzene rings is 1. The molecule has 0 aliphatic rings. The number of nitrogen functional groups attached to an aromatic ring is 1. The fourth-order valence-corrected chi connectivity index (χ4v) is 2.72. The quantitative estimate of drug-likeness (QED) is 0.644. The number of rotatable bonds is 6. The average Bonchev–Trinajstić information content (AvgIpc) is 2.52. The highest BCUT2D eigenvalue weighted by molar-refractivity contribution is 7.99. The number of para-hydroxylation sites is 1. The van der Waals surface area contributed by atoms with Gasteiger partial charge in [0.25, 0.3) is 0 Å². The van der Waals surface area contributed by atoms with Gasteiger partial charge in [0.2, 0.25) is 0 Å². The summed E-state index contributed by atoms with van der Waals surface area (Å²) >= 11 is 1.53. The van der Waals surface area contributed by atoms with Crippen LogP contribution in [0.2, 0.25) is 0 Å². The van der Waals surface area contributed by atoms with E-state index in [0.717, 1.165) is 17.1 Å². The molecule has 1 heterocycles. The minimum absolute atomic E-state index is 0.190. The van der Waals surface area contributed by atoms with E-state index in [0.29, 0.717) is 16.8 Å². The number of aryl methyl sites for hydroxylation is 1. The SMILES string of the molecule is Cc1ccccc1OCc1nc(SCC(C)C)nc(N)c1C#N. The predicted molar refractivity (Wildman–Crippen MR) is 92.2 cm³/mol. The zero-order valence-corrected chi connectivity index (χ0v) is 14.4. The molecule has 0 aliphatic carbocycles. The summed E-state index contributed by atoms with van der Waals surface area (Å²) in [4.78, 5) is 8.65. The summed E-state index contributed by atoms with van der Waals surface area (Å²) in [6.07, 6.45) is 0. The van der Waals surface area contributed by atoms with Crippen LogP contribution >= 0.6 is 11.8 Å². The van der Waals surface area contributed by atoms with Gasteiger partial charge in [-0.3, -0.25) is 0 Å². The summed E-state index contributed by atoms with van der Waals surface area (Å²) in [7, 11) is 0. The van der Waals surface area contributed by atoms with Crippen LogP contribution in [0.5, 0.6) is 5.75 Å². The first kappa shape index (κ1) is 17.1. The number of thioether (sulfide) groups is 1. The van der Waals surface area contributed by atoms with Gasteiger partial charge >= 0.3 is 0 Å². The normalized spacial score (nSPS) is 10.6. The lowest BCUT2D eigenvalue weighted by Crippen LogP contribution is -2.09. The molecule has 0 fully saturated rings. The molecule has 2 N–H and O–H groups in total. The minimum Gasteiger partial charge on any atom is -0.487 e. The van der Waals surface area contributed by atoms with Crippen LogP contribution in [0, 0.1) is 24.2 Å². The van der Waals surface area contributed by atoms with Crippen molar-refractivity contribution in [3.05, 3.63) is 41.1 Å². The molecule has 0 radical (unpaired) electrons. The largest absolute Gasteiger partial charge is 0.487 e. The molecule has 0 spiro atoms. The second-order valence-corrected chi connectivity index (χ2v) is 6.57. The lowest BCUT2D eigenvalue weighted by atomic mass is 10.2. The monoisotopic (exact) mass is 328 g/mol. The zero-order valence-electron chi connectivity index (χ0n) is 13.5. The molecule has 120 valence electrons. The van der Waals surface area contributed by atoms with E-state index < -0.39 is 0 Å². The number of aromatic nitrogens is 2. The third-order valence-electron chi connectivity index (χ3n) is 3.11. The Labute approximate surface area is 140 Å². The topological polar surface area (TPSA) is 84.8 Å². The molecule has 6 heteroatoms. The molecular weight excluding hydrogens is 308 g/mol. The van der Waals surface area contributed by atoms with E-state index in [4.69, 9.17) is 10.5 Å². The first-order valence-electron chi connectivity index (χ1n) is 7.39. The minimum atomic E-state index is 0.190. The molecule has 0 saturated heterocycles. The summed E-state index contributed by atoms with van der Waals surface area (Å²) in [6, 6.07) is 9.79. The van der Waals surface area contributed by atoms with Crippen molar-refractivity contribution >= 4 is 17.6 Å². The summed E-state index contributed by atoms with van der Waals surface area (Å²) in [6.45, 7) is 6.42. The molecule has 1 aromatic carbocycles. The average molecular weight is 328 g/mol. The second kappa shape index (κ2) is 7.84. The van der Waals surface area contributed by atoms with Crippen LogP contribution in [0.15, 0.2) is 29.4 Å². The first-order chi connectivity index (χ1) is 11.0. The molecule has 0 aliphatic heterocycles. The van der Waals surface area contributed by atoms with Crippen molar-refractivity contribution in [2.45, 2.75) is 32.5 Å². The van der Waals surface area contributed by atoms with Gasteiger partial charge in [0, 0.05) is 5.75 Å². The first-order valence-corrected chi connectivity index (χ1v) is 8.37. The van der Waals surface area contributed by atoms with Crippen LogP contribution in [0.4, 0.5) is 5.82 Å². The highest BCUT2D eigenvalue weighted by atomic mass is 32.2. The molecule has 0 unspecified atom stereocenters. The summed E-state index contributed by atoms with van der Waals surface area (Å²) < 4.78 is 5.79. The van der Waals surface area contributed by atoms with E-state index in [2.05, 4.69) is 29.9 Å². The number of ether oxygens (including phenoxy) is 1. The molecular formula is C17H20N4OS. The Morgan fingerprint density at radius 2 is 2.04 bits per heavy atom. The van der Waals surface area contributed by atoms with E-state index in [9.17, 15) is 5.26 Å². The molecule has 0 saturated carbocycles. The van der Waals surface area contributed by atoms with Crippen LogP contribution in [-0.2, 0) is 6.61 Å². The Morgan fingerprint density at radius 1 is 1.30 bits per heavy atom. The van der Waals surface area contributed by atoms with Gasteiger partial charge in [-0.1, -0.05) is 43.8 Å². The van der Waals surface area contributed by atoms with Gasteiger partial charge in [0.1, 0.15) is 35.5 Å². The Morgan fingerprint density at radius 3 is 2.70 bits per heavy atom. The predicted octanol–water partition coefficient (Wildman–Crippen LogP) is 3.57. The maximum absolute atomic E-state index is 9.29. The molecule has 1 aromatic heterocycles. The van der Waals surface area contributed by atoms with Crippen LogP contribution in [-0.4, -0.2) is 15.7 Å². The lowest BCUT2D eigenvalue weighted by Gasteiger charge is -2.11. The smallest absolute Gasteiger partial charge is 0.189 e. The van der Waals surface area contributed by atoms with E-state index in [1.165, 1.54) is 11.8 Å². The van der Waals surface area contributed by atoms with Crippen molar-refractivity contribution < 1.29 is 4.74 Å². The number of anilines is 1. The molecule has 23 heavy (non-hydrogen) atoms. The van der Waals surface area contributed by atoms with E-state index in [1.807, 2.05) is 31.2 Å².